The van der Waals surface area contributed by atoms with Gasteiger partial charge < -0.3 is 11.1 Å². The topological polar surface area (TPSA) is 38.0 Å². The molecule has 1 aliphatic carbocycles. The molecule has 0 heterocycles. The van der Waals surface area contributed by atoms with Crippen molar-refractivity contribution in [3.8, 4) is 0 Å². The van der Waals surface area contributed by atoms with E-state index in [1.807, 2.05) is 0 Å². The number of nitrogens with two attached hydrogens (primary N) is 1. The molecule has 54 valence electrons. The smallest absolute Gasteiger partial charge is 0.00747 e. The van der Waals surface area contributed by atoms with E-state index in [2.05, 4.69) is 12.2 Å². The fraction of sp³-hybridized carbons (Fsp3) is 1.00. The van der Waals surface area contributed by atoms with E-state index in [1.165, 1.54) is 12.8 Å². The molecular formula is C7H16N2. The van der Waals surface area contributed by atoms with Crippen LogP contribution in [0.3, 0.4) is 0 Å². The van der Waals surface area contributed by atoms with Crippen molar-refractivity contribution in [2.24, 2.45) is 11.1 Å². The average Bonchev–Trinajstić information content (AvgIpc) is 2.50. The second-order valence-electron chi connectivity index (χ2n) is 3.28. The van der Waals surface area contributed by atoms with Crippen LogP contribution in [0.2, 0.25) is 0 Å². The van der Waals surface area contributed by atoms with Crippen LogP contribution in [0.4, 0.5) is 0 Å². The molecule has 0 bridgehead atoms. The molecule has 0 radical (unpaired) electrons. The van der Waals surface area contributed by atoms with Gasteiger partial charge in [-0.15, -0.1) is 0 Å². The van der Waals surface area contributed by atoms with Crippen molar-refractivity contribution in [3.63, 3.8) is 0 Å². The number of nitrogens with one attached hydrogen (secondary N) is 1. The fourth-order valence-corrected chi connectivity index (χ4v) is 0.882. The standard InChI is InChI=1S/C7H16N2/c1-7(2-3-7)6-9-5-4-8/h9H,2-6,8H2,1H3. The molecule has 2 nitrogen and oxygen atoms in total. The Morgan fingerprint density at radius 2 is 2.22 bits per heavy atom. The van der Waals surface area contributed by atoms with Crippen LogP contribution < -0.4 is 11.1 Å². The van der Waals surface area contributed by atoms with Crippen LogP contribution in [-0.4, -0.2) is 19.6 Å². The van der Waals surface area contributed by atoms with Gasteiger partial charge in [0, 0.05) is 19.6 Å². The van der Waals surface area contributed by atoms with Crippen molar-refractivity contribution in [1.29, 1.82) is 0 Å². The second-order valence-corrected chi connectivity index (χ2v) is 3.28. The van der Waals surface area contributed by atoms with Gasteiger partial charge in [-0.1, -0.05) is 6.92 Å². The van der Waals surface area contributed by atoms with Gasteiger partial charge in [0.05, 0.1) is 0 Å². The predicted octanol–water partition coefficient (Wildman–Crippen LogP) is 0.335. The van der Waals surface area contributed by atoms with Gasteiger partial charge in [-0.05, 0) is 18.3 Å². The van der Waals surface area contributed by atoms with E-state index in [-0.39, 0.29) is 0 Å². The van der Waals surface area contributed by atoms with E-state index in [0.29, 0.717) is 5.41 Å². The summed E-state index contributed by atoms with van der Waals surface area (Å²) in [6, 6.07) is 0. The molecule has 1 aliphatic rings. The zero-order valence-electron chi connectivity index (χ0n) is 6.11. The van der Waals surface area contributed by atoms with E-state index in [9.17, 15) is 0 Å². The SMILES string of the molecule is CC1(CNCCN)CC1. The first kappa shape index (κ1) is 7.03. The highest BCUT2D eigenvalue weighted by Gasteiger charge is 2.36. The van der Waals surface area contributed by atoms with Crippen molar-refractivity contribution in [2.45, 2.75) is 19.8 Å². The lowest BCUT2D eigenvalue weighted by atomic mass is 10.1. The van der Waals surface area contributed by atoms with Crippen molar-refractivity contribution < 1.29 is 0 Å². The molecule has 0 aromatic heterocycles. The molecule has 9 heavy (non-hydrogen) atoms. The molecule has 0 unspecified atom stereocenters. The molecule has 3 N–H and O–H groups in total. The van der Waals surface area contributed by atoms with Gasteiger partial charge in [-0.3, -0.25) is 0 Å². The summed E-state index contributed by atoms with van der Waals surface area (Å²) >= 11 is 0. The number of hydrogen-bond donors (Lipinski definition) is 2. The van der Waals surface area contributed by atoms with Crippen LogP contribution in [0.25, 0.3) is 0 Å². The lowest BCUT2D eigenvalue weighted by Crippen LogP contribution is -2.27. The minimum atomic E-state index is 0.634. The molecule has 0 aromatic rings. The summed E-state index contributed by atoms with van der Waals surface area (Å²) in [5.74, 6) is 0. The lowest BCUT2D eigenvalue weighted by molar-refractivity contribution is 0.504. The summed E-state index contributed by atoms with van der Waals surface area (Å²) in [5.41, 5.74) is 5.95. The lowest BCUT2D eigenvalue weighted by Gasteiger charge is -2.07. The number of rotatable bonds is 4. The normalized spacial score (nSPS) is 22.0. The zero-order chi connectivity index (χ0) is 6.74. The van der Waals surface area contributed by atoms with Gasteiger partial charge in [-0.2, -0.15) is 0 Å². The highest BCUT2D eigenvalue weighted by Crippen LogP contribution is 2.43. The van der Waals surface area contributed by atoms with Gasteiger partial charge >= 0.3 is 0 Å². The first-order valence-corrected chi connectivity index (χ1v) is 3.68. The second kappa shape index (κ2) is 2.67. The Bertz CT molecular complexity index is 86.9. The quantitative estimate of drug-likeness (QED) is 0.536. The maximum absolute atomic E-state index is 5.32. The Morgan fingerprint density at radius 3 is 2.67 bits per heavy atom. The van der Waals surface area contributed by atoms with Crippen molar-refractivity contribution >= 4 is 0 Å². The van der Waals surface area contributed by atoms with Crippen LogP contribution in [-0.2, 0) is 0 Å². The molecule has 0 aromatic carbocycles. The molecule has 0 aliphatic heterocycles. The molecular weight excluding hydrogens is 112 g/mol. The van der Waals surface area contributed by atoms with E-state index in [0.717, 1.165) is 19.6 Å². The summed E-state index contributed by atoms with van der Waals surface area (Å²) in [6.07, 6.45) is 2.79. The molecule has 0 amide bonds. The van der Waals surface area contributed by atoms with Crippen LogP contribution >= 0.6 is 0 Å². The first-order valence-electron chi connectivity index (χ1n) is 3.68. The van der Waals surface area contributed by atoms with Crippen molar-refractivity contribution in [3.05, 3.63) is 0 Å². The average molecular weight is 128 g/mol. The predicted molar refractivity (Wildman–Crippen MR) is 39.3 cm³/mol. The minimum absolute atomic E-state index is 0.634. The maximum atomic E-state index is 5.32. The van der Waals surface area contributed by atoms with Gasteiger partial charge in [0.2, 0.25) is 0 Å². The Balaban J connectivity index is 1.92. The van der Waals surface area contributed by atoms with Crippen LogP contribution in [0.5, 0.6) is 0 Å². The summed E-state index contributed by atoms with van der Waals surface area (Å²) < 4.78 is 0. The van der Waals surface area contributed by atoms with E-state index >= 15 is 0 Å². The highest BCUT2D eigenvalue weighted by molar-refractivity contribution is 4.90. The molecule has 0 atom stereocenters. The summed E-state index contributed by atoms with van der Waals surface area (Å²) in [6.45, 7) is 5.20. The third-order valence-corrected chi connectivity index (χ3v) is 1.98. The Morgan fingerprint density at radius 1 is 1.56 bits per heavy atom. The minimum Gasteiger partial charge on any atom is -0.329 e. The molecule has 0 saturated heterocycles. The molecule has 2 heteroatoms. The van der Waals surface area contributed by atoms with E-state index in [1.54, 1.807) is 0 Å². The van der Waals surface area contributed by atoms with E-state index in [4.69, 9.17) is 5.73 Å². The van der Waals surface area contributed by atoms with E-state index < -0.39 is 0 Å². The fourth-order valence-electron chi connectivity index (χ4n) is 0.882. The Hall–Kier alpha value is -0.0800. The maximum Gasteiger partial charge on any atom is 0.00747 e. The molecule has 1 saturated carbocycles. The third-order valence-electron chi connectivity index (χ3n) is 1.98. The third kappa shape index (κ3) is 2.33. The van der Waals surface area contributed by atoms with Gasteiger partial charge in [0.15, 0.2) is 0 Å². The van der Waals surface area contributed by atoms with Gasteiger partial charge in [0.1, 0.15) is 0 Å². The largest absolute Gasteiger partial charge is 0.329 e. The molecule has 0 spiro atoms. The van der Waals surface area contributed by atoms with Gasteiger partial charge in [-0.25, -0.2) is 0 Å². The van der Waals surface area contributed by atoms with Gasteiger partial charge in [0.25, 0.3) is 0 Å². The summed E-state index contributed by atoms with van der Waals surface area (Å²) in [7, 11) is 0. The number of hydrogen-bond acceptors (Lipinski definition) is 2. The monoisotopic (exact) mass is 128 g/mol. The molecule has 1 fully saturated rings. The molecule has 1 rings (SSSR count). The summed E-state index contributed by atoms with van der Waals surface area (Å²) in [4.78, 5) is 0. The van der Waals surface area contributed by atoms with Crippen LogP contribution in [0.15, 0.2) is 0 Å². The Labute approximate surface area is 56.8 Å². The van der Waals surface area contributed by atoms with Crippen molar-refractivity contribution in [1.82, 2.24) is 5.32 Å². The first-order chi connectivity index (χ1) is 4.27. The Kier molecular flexibility index (Phi) is 2.09. The van der Waals surface area contributed by atoms with Crippen LogP contribution in [0.1, 0.15) is 19.8 Å². The summed E-state index contributed by atoms with van der Waals surface area (Å²) in [5, 5.41) is 3.31. The zero-order valence-corrected chi connectivity index (χ0v) is 6.11. The highest BCUT2D eigenvalue weighted by atomic mass is 14.9. The van der Waals surface area contributed by atoms with Crippen molar-refractivity contribution in [2.75, 3.05) is 19.6 Å². The van der Waals surface area contributed by atoms with Crippen LogP contribution in [0, 0.1) is 5.41 Å².